The number of sulfonamides is 1. The van der Waals surface area contributed by atoms with Gasteiger partial charge in [0.1, 0.15) is 5.82 Å². The molecule has 1 fully saturated rings. The molecule has 1 saturated heterocycles. The van der Waals surface area contributed by atoms with Gasteiger partial charge in [-0.2, -0.15) is 0 Å². The smallest absolute Gasteiger partial charge is 0.241 e. The van der Waals surface area contributed by atoms with Gasteiger partial charge in [-0.1, -0.05) is 0 Å². The third kappa shape index (κ3) is 3.10. The summed E-state index contributed by atoms with van der Waals surface area (Å²) in [5.41, 5.74) is 5.32. The third-order valence-electron chi connectivity index (χ3n) is 3.14. The second kappa shape index (κ2) is 4.97. The van der Waals surface area contributed by atoms with Crippen LogP contribution in [0, 0.1) is 12.7 Å². The van der Waals surface area contributed by atoms with E-state index in [0.29, 0.717) is 0 Å². The van der Waals surface area contributed by atoms with Gasteiger partial charge in [-0.05, 0) is 31.0 Å². The molecule has 0 spiro atoms. The monoisotopic (exact) mass is 322 g/mol. The minimum atomic E-state index is -3.92. The molecule has 1 aromatic carbocycles. The molecule has 20 heavy (non-hydrogen) atoms. The van der Waals surface area contributed by atoms with Crippen LogP contribution in [0.15, 0.2) is 17.0 Å². The molecule has 1 aliphatic heterocycles. The van der Waals surface area contributed by atoms with E-state index >= 15 is 0 Å². The molecule has 0 aliphatic carbocycles. The molecule has 0 bridgehead atoms. The SMILES string of the molecule is Cc1cc(F)c(N)cc1S(=O)(=O)NC1CCS(=O)(=O)C1. The van der Waals surface area contributed by atoms with Crippen molar-refractivity contribution in [2.45, 2.75) is 24.3 Å². The van der Waals surface area contributed by atoms with Gasteiger partial charge in [0.2, 0.25) is 10.0 Å². The summed E-state index contributed by atoms with van der Waals surface area (Å²) in [6.45, 7) is 1.45. The van der Waals surface area contributed by atoms with Crippen LogP contribution in [0.25, 0.3) is 0 Å². The van der Waals surface area contributed by atoms with Gasteiger partial charge >= 0.3 is 0 Å². The van der Waals surface area contributed by atoms with Crippen molar-refractivity contribution in [1.29, 1.82) is 0 Å². The molecule has 3 N–H and O–H groups in total. The zero-order chi connectivity index (χ0) is 15.1. The second-order valence-corrected chi connectivity index (χ2v) is 8.77. The highest BCUT2D eigenvalue weighted by Crippen LogP contribution is 2.23. The van der Waals surface area contributed by atoms with Gasteiger partial charge in [0.05, 0.1) is 22.1 Å². The molecule has 0 aromatic heterocycles. The lowest BCUT2D eigenvalue weighted by atomic mass is 10.2. The fourth-order valence-electron chi connectivity index (χ4n) is 2.13. The highest BCUT2D eigenvalue weighted by Gasteiger charge is 2.32. The van der Waals surface area contributed by atoms with E-state index < -0.39 is 31.7 Å². The highest BCUT2D eigenvalue weighted by atomic mass is 32.2. The minimum absolute atomic E-state index is 0.0370. The largest absolute Gasteiger partial charge is 0.396 e. The number of sulfone groups is 1. The molecule has 0 saturated carbocycles. The maximum atomic E-state index is 13.2. The van der Waals surface area contributed by atoms with Gasteiger partial charge in [0.25, 0.3) is 0 Å². The van der Waals surface area contributed by atoms with E-state index in [1.165, 1.54) is 6.92 Å². The topological polar surface area (TPSA) is 106 Å². The Labute approximate surface area is 117 Å². The number of halogens is 1. The van der Waals surface area contributed by atoms with Gasteiger partial charge in [0.15, 0.2) is 9.84 Å². The summed E-state index contributed by atoms with van der Waals surface area (Å²) in [4.78, 5) is -0.138. The number of nitrogen functional groups attached to an aromatic ring is 1. The van der Waals surface area contributed by atoms with Crippen LogP contribution in [-0.4, -0.2) is 34.4 Å². The Bertz CT molecular complexity index is 744. The van der Waals surface area contributed by atoms with E-state index in [9.17, 15) is 21.2 Å². The van der Waals surface area contributed by atoms with Crippen molar-refractivity contribution in [3.8, 4) is 0 Å². The van der Waals surface area contributed by atoms with E-state index in [2.05, 4.69) is 4.72 Å². The van der Waals surface area contributed by atoms with Crippen LogP contribution in [0.5, 0.6) is 0 Å². The van der Waals surface area contributed by atoms with Crippen LogP contribution < -0.4 is 10.5 Å². The lowest BCUT2D eigenvalue weighted by molar-refractivity contribution is 0.561. The Hall–Kier alpha value is -1.19. The number of anilines is 1. The number of nitrogens with one attached hydrogen (secondary N) is 1. The molecular formula is C11H15FN2O4S2. The van der Waals surface area contributed by atoms with Crippen molar-refractivity contribution >= 4 is 25.5 Å². The Balaban J connectivity index is 2.30. The average molecular weight is 322 g/mol. The zero-order valence-corrected chi connectivity index (χ0v) is 12.4. The van der Waals surface area contributed by atoms with Gasteiger partial charge in [-0.3, -0.25) is 0 Å². The Morgan fingerprint density at radius 1 is 1.40 bits per heavy atom. The highest BCUT2D eigenvalue weighted by molar-refractivity contribution is 7.92. The van der Waals surface area contributed by atoms with Crippen LogP contribution in [-0.2, 0) is 19.9 Å². The van der Waals surface area contributed by atoms with Crippen LogP contribution in [0.2, 0.25) is 0 Å². The summed E-state index contributed by atoms with van der Waals surface area (Å²) >= 11 is 0. The number of benzene rings is 1. The predicted molar refractivity (Wildman–Crippen MR) is 72.9 cm³/mol. The molecule has 1 aliphatic rings. The first-order valence-corrected chi connectivity index (χ1v) is 9.19. The quantitative estimate of drug-likeness (QED) is 0.772. The van der Waals surface area contributed by atoms with Gasteiger partial charge in [-0.15, -0.1) is 0 Å². The normalized spacial score (nSPS) is 22.0. The molecule has 1 atom stereocenters. The number of rotatable bonds is 3. The van der Waals surface area contributed by atoms with Crippen LogP contribution in [0.3, 0.4) is 0 Å². The first-order chi connectivity index (χ1) is 9.11. The van der Waals surface area contributed by atoms with Gasteiger partial charge < -0.3 is 5.73 Å². The first kappa shape index (κ1) is 15.2. The van der Waals surface area contributed by atoms with Crippen molar-refractivity contribution in [2.75, 3.05) is 17.2 Å². The third-order valence-corrected chi connectivity index (χ3v) is 6.57. The summed E-state index contributed by atoms with van der Waals surface area (Å²) < 4.78 is 62.6. The molecule has 6 nitrogen and oxygen atoms in total. The fraction of sp³-hybridized carbons (Fsp3) is 0.455. The van der Waals surface area contributed by atoms with Crippen molar-refractivity contribution < 1.29 is 21.2 Å². The summed E-state index contributed by atoms with van der Waals surface area (Å²) in [5, 5.41) is 0. The molecule has 9 heteroatoms. The number of hydrogen-bond acceptors (Lipinski definition) is 5. The lowest BCUT2D eigenvalue weighted by Crippen LogP contribution is -2.36. The Kier molecular flexibility index (Phi) is 3.78. The van der Waals surface area contributed by atoms with Crippen LogP contribution in [0.1, 0.15) is 12.0 Å². The van der Waals surface area contributed by atoms with E-state index in [0.717, 1.165) is 12.1 Å². The molecule has 1 unspecified atom stereocenters. The zero-order valence-electron chi connectivity index (χ0n) is 10.8. The summed E-state index contributed by atoms with van der Waals surface area (Å²) in [6.07, 6.45) is 0.233. The standard InChI is InChI=1S/C11H15FN2O4S2/c1-7-4-9(12)10(13)5-11(7)20(17,18)14-8-2-3-19(15,16)6-8/h4-5,8,14H,2-3,6,13H2,1H3. The number of aryl methyl sites for hydroxylation is 1. The average Bonchev–Trinajstić information content (AvgIpc) is 2.62. The molecule has 0 amide bonds. The van der Waals surface area contributed by atoms with Crippen molar-refractivity contribution in [3.63, 3.8) is 0 Å². The van der Waals surface area contributed by atoms with E-state index in [4.69, 9.17) is 5.73 Å². The number of hydrogen-bond donors (Lipinski definition) is 2. The summed E-state index contributed by atoms with van der Waals surface area (Å²) in [5.74, 6) is -0.947. The lowest BCUT2D eigenvalue weighted by Gasteiger charge is -2.14. The predicted octanol–water partition coefficient (Wildman–Crippen LogP) is 0.182. The van der Waals surface area contributed by atoms with Crippen LogP contribution >= 0.6 is 0 Å². The van der Waals surface area contributed by atoms with E-state index in [1.807, 2.05) is 0 Å². The molecule has 1 aromatic rings. The first-order valence-electron chi connectivity index (χ1n) is 5.89. The molecule has 112 valence electrons. The Morgan fingerprint density at radius 3 is 2.60 bits per heavy atom. The summed E-state index contributed by atoms with van der Waals surface area (Å²) in [6, 6.07) is 1.42. The van der Waals surface area contributed by atoms with Crippen LogP contribution in [0.4, 0.5) is 10.1 Å². The fourth-order valence-corrected chi connectivity index (χ4v) is 5.44. The molecule has 1 heterocycles. The van der Waals surface area contributed by atoms with Gasteiger partial charge in [0, 0.05) is 6.04 Å². The van der Waals surface area contributed by atoms with Gasteiger partial charge in [-0.25, -0.2) is 25.9 Å². The van der Waals surface area contributed by atoms with E-state index in [-0.39, 0.29) is 34.1 Å². The van der Waals surface area contributed by atoms with Crippen molar-refractivity contribution in [1.82, 2.24) is 4.72 Å². The Morgan fingerprint density at radius 2 is 2.05 bits per heavy atom. The summed E-state index contributed by atoms with van der Waals surface area (Å²) in [7, 11) is -7.11. The number of nitrogens with two attached hydrogens (primary N) is 1. The maximum Gasteiger partial charge on any atom is 0.241 e. The molecule has 2 rings (SSSR count). The molecule has 0 radical (unpaired) electrons. The van der Waals surface area contributed by atoms with Crippen molar-refractivity contribution in [2.24, 2.45) is 0 Å². The maximum absolute atomic E-state index is 13.2. The second-order valence-electron chi connectivity index (χ2n) is 4.86. The minimum Gasteiger partial charge on any atom is -0.396 e. The molecular weight excluding hydrogens is 307 g/mol. The van der Waals surface area contributed by atoms with Crippen molar-refractivity contribution in [3.05, 3.63) is 23.5 Å². The van der Waals surface area contributed by atoms with E-state index in [1.54, 1.807) is 0 Å².